The first kappa shape index (κ1) is 38.7. The molecule has 0 aromatic heterocycles. The van der Waals surface area contributed by atoms with Gasteiger partial charge in [0, 0.05) is 19.4 Å². The summed E-state index contributed by atoms with van der Waals surface area (Å²) in [6, 6.07) is 0. The Morgan fingerprint density at radius 2 is 1.37 bits per heavy atom. The molecule has 0 aliphatic carbocycles. The van der Waals surface area contributed by atoms with Crippen LogP contribution in [0.2, 0.25) is 0 Å². The first-order valence-corrected chi connectivity index (χ1v) is 16.3. The average Bonchev–Trinajstić information content (AvgIpc) is 2.95. The molecule has 0 radical (unpaired) electrons. The third-order valence-corrected chi connectivity index (χ3v) is 6.45. The Morgan fingerprint density at radius 1 is 0.780 bits per heavy atom. The minimum atomic E-state index is -4.40. The van der Waals surface area contributed by atoms with E-state index >= 15 is 0 Å². The van der Waals surface area contributed by atoms with E-state index in [-0.39, 0.29) is 32.1 Å². The van der Waals surface area contributed by atoms with Gasteiger partial charge in [-0.15, -0.1) is 0 Å². The molecule has 1 amide bonds. The van der Waals surface area contributed by atoms with Gasteiger partial charge in [-0.25, -0.2) is 4.57 Å². The fraction of sp³-hybridized carbons (Fsp3) is 0.613. The number of amides is 1. The Balaban J connectivity index is 3.79. The van der Waals surface area contributed by atoms with Crippen LogP contribution >= 0.6 is 7.82 Å². The predicted octanol–water partition coefficient (Wildman–Crippen LogP) is 6.64. The lowest BCUT2D eigenvalue weighted by molar-refractivity contribution is -0.147. The number of unbranched alkanes of at least 4 members (excludes halogenated alkanes) is 3. The van der Waals surface area contributed by atoms with Crippen LogP contribution in [0.1, 0.15) is 90.9 Å². The van der Waals surface area contributed by atoms with Gasteiger partial charge >= 0.3 is 13.8 Å². The highest BCUT2D eigenvalue weighted by Gasteiger charge is 2.23. The van der Waals surface area contributed by atoms with E-state index in [2.05, 4.69) is 66.9 Å². The maximum Gasteiger partial charge on any atom is 0.472 e. The van der Waals surface area contributed by atoms with Gasteiger partial charge in [-0.1, -0.05) is 87.4 Å². The summed E-state index contributed by atoms with van der Waals surface area (Å²) in [5.41, 5.74) is 0. The average molecular weight is 598 g/mol. The lowest BCUT2D eigenvalue weighted by Gasteiger charge is -2.15. The molecule has 2 unspecified atom stereocenters. The van der Waals surface area contributed by atoms with E-state index in [1.165, 1.54) is 0 Å². The minimum absolute atomic E-state index is 0.0681. The highest BCUT2D eigenvalue weighted by Crippen LogP contribution is 2.42. The van der Waals surface area contributed by atoms with Gasteiger partial charge in [-0.2, -0.15) is 0 Å². The molecule has 0 heterocycles. The summed E-state index contributed by atoms with van der Waals surface area (Å²) in [7, 11) is -4.40. The topological polar surface area (TPSA) is 131 Å². The smallest absolute Gasteiger partial charge is 0.463 e. The third-order valence-electron chi connectivity index (χ3n) is 5.46. The van der Waals surface area contributed by atoms with Gasteiger partial charge < -0.3 is 20.1 Å². The molecule has 10 heteroatoms. The van der Waals surface area contributed by atoms with Crippen LogP contribution in [0.3, 0.4) is 0 Å². The summed E-state index contributed by atoms with van der Waals surface area (Å²) in [4.78, 5) is 33.1. The van der Waals surface area contributed by atoms with Gasteiger partial charge in [-0.05, 0) is 51.4 Å². The lowest BCUT2D eigenvalue weighted by atomic mass is 10.2. The molecule has 0 aliphatic heterocycles. The number of phosphoric ester groups is 1. The number of phosphoric acid groups is 1. The van der Waals surface area contributed by atoms with Gasteiger partial charge in [0.25, 0.3) is 0 Å². The highest BCUT2D eigenvalue weighted by atomic mass is 31.2. The number of aliphatic hydroxyl groups is 1. The second-order valence-electron chi connectivity index (χ2n) is 9.34. The van der Waals surface area contributed by atoms with E-state index in [0.29, 0.717) is 12.8 Å². The Kier molecular flexibility index (Phi) is 26.3. The van der Waals surface area contributed by atoms with Crippen molar-refractivity contribution in [2.24, 2.45) is 0 Å². The van der Waals surface area contributed by atoms with Gasteiger partial charge in [0.2, 0.25) is 5.91 Å². The largest absolute Gasteiger partial charge is 0.472 e. The summed E-state index contributed by atoms with van der Waals surface area (Å²) < 4.78 is 26.3. The van der Waals surface area contributed by atoms with Crippen molar-refractivity contribution in [1.29, 1.82) is 0 Å². The predicted molar refractivity (Wildman–Crippen MR) is 164 cm³/mol. The second-order valence-corrected chi connectivity index (χ2v) is 10.8. The van der Waals surface area contributed by atoms with Crippen LogP contribution < -0.4 is 5.32 Å². The second kappa shape index (κ2) is 27.9. The zero-order valence-corrected chi connectivity index (χ0v) is 25.9. The number of carbonyl (C=O) groups is 2. The van der Waals surface area contributed by atoms with Crippen molar-refractivity contribution >= 4 is 19.7 Å². The summed E-state index contributed by atoms with van der Waals surface area (Å²) in [6.45, 7) is 3.14. The van der Waals surface area contributed by atoms with Gasteiger partial charge in [0.05, 0.1) is 13.2 Å². The Hall–Kier alpha value is -2.29. The summed E-state index contributed by atoms with van der Waals surface area (Å²) in [5, 5.41) is 12.4. The van der Waals surface area contributed by atoms with Crippen LogP contribution in [0, 0.1) is 0 Å². The molecule has 9 nitrogen and oxygen atoms in total. The Labute approximate surface area is 247 Å². The molecule has 0 aromatic rings. The Morgan fingerprint density at radius 3 is 1.95 bits per heavy atom. The molecular formula is C31H52NO8P. The van der Waals surface area contributed by atoms with E-state index in [1.807, 2.05) is 13.0 Å². The van der Waals surface area contributed by atoms with Crippen molar-refractivity contribution in [3.63, 3.8) is 0 Å². The number of aliphatic hydroxyl groups excluding tert-OH is 1. The normalized spacial score (nSPS) is 14.5. The van der Waals surface area contributed by atoms with Crippen molar-refractivity contribution in [3.05, 3.63) is 60.8 Å². The third kappa shape index (κ3) is 29.0. The van der Waals surface area contributed by atoms with E-state index in [4.69, 9.17) is 13.8 Å². The van der Waals surface area contributed by atoms with Gasteiger partial charge in [-0.3, -0.25) is 18.6 Å². The molecule has 0 saturated carbocycles. The molecule has 0 aliphatic rings. The fourth-order valence-corrected chi connectivity index (χ4v) is 3.99. The molecule has 0 spiro atoms. The Bertz CT molecular complexity index is 866. The molecule has 0 saturated heterocycles. The molecule has 234 valence electrons. The van der Waals surface area contributed by atoms with Gasteiger partial charge in [0.15, 0.2) is 0 Å². The standard InChI is InChI=1S/C31H52NO8P/c1-3-5-7-8-9-10-11-12-13-14-15-16-17-18-19-20-22-24-31(35)38-27-29(33)28-40-41(36,37)39-26-25-32-30(34)23-21-6-4-2/h5,7,9-10,12-13,15-16,18-19,29,33H,3-4,6,8,11,14,17,20-28H2,1-2H3,(H,32,34)(H,36,37)/b7-5-,10-9-,13-12-,16-15-,19-18-. The van der Waals surface area contributed by atoms with Crippen LogP contribution in [0.4, 0.5) is 0 Å². The van der Waals surface area contributed by atoms with E-state index in [9.17, 15) is 24.2 Å². The van der Waals surface area contributed by atoms with Gasteiger partial charge in [0.1, 0.15) is 12.7 Å². The van der Waals surface area contributed by atoms with Crippen molar-refractivity contribution in [3.8, 4) is 0 Å². The number of ether oxygens (including phenoxy) is 1. The number of esters is 1. The number of hydrogen-bond donors (Lipinski definition) is 3. The molecule has 41 heavy (non-hydrogen) atoms. The van der Waals surface area contributed by atoms with Crippen LogP contribution in [0.15, 0.2) is 60.8 Å². The fourth-order valence-electron chi connectivity index (χ4n) is 3.24. The lowest BCUT2D eigenvalue weighted by Crippen LogP contribution is -2.27. The number of hydrogen-bond acceptors (Lipinski definition) is 7. The molecule has 0 rings (SSSR count). The molecule has 0 fully saturated rings. The van der Waals surface area contributed by atoms with Crippen LogP contribution in [0.25, 0.3) is 0 Å². The van der Waals surface area contributed by atoms with Crippen LogP contribution in [0.5, 0.6) is 0 Å². The summed E-state index contributed by atoms with van der Waals surface area (Å²) in [5.74, 6) is -0.611. The molecular weight excluding hydrogens is 545 g/mol. The zero-order valence-electron chi connectivity index (χ0n) is 25.0. The molecule has 0 aromatic carbocycles. The molecule has 3 N–H and O–H groups in total. The maximum absolute atomic E-state index is 11.9. The number of rotatable bonds is 26. The first-order valence-electron chi connectivity index (χ1n) is 14.8. The minimum Gasteiger partial charge on any atom is -0.463 e. The van der Waals surface area contributed by atoms with Crippen molar-refractivity contribution in [2.45, 2.75) is 97.0 Å². The monoisotopic (exact) mass is 597 g/mol. The highest BCUT2D eigenvalue weighted by molar-refractivity contribution is 7.47. The van der Waals surface area contributed by atoms with Crippen molar-refractivity contribution in [1.82, 2.24) is 5.32 Å². The first-order chi connectivity index (χ1) is 19.8. The van der Waals surface area contributed by atoms with E-state index in [1.54, 1.807) is 0 Å². The zero-order chi connectivity index (χ0) is 30.4. The number of carbonyl (C=O) groups excluding carboxylic acids is 2. The van der Waals surface area contributed by atoms with E-state index < -0.39 is 26.5 Å². The summed E-state index contributed by atoms with van der Waals surface area (Å²) >= 11 is 0. The number of nitrogens with one attached hydrogen (secondary N) is 1. The van der Waals surface area contributed by atoms with Crippen LogP contribution in [-0.4, -0.2) is 54.3 Å². The van der Waals surface area contributed by atoms with E-state index in [0.717, 1.165) is 57.8 Å². The molecule has 0 bridgehead atoms. The number of allylic oxidation sites excluding steroid dienone is 10. The van der Waals surface area contributed by atoms with Crippen molar-refractivity contribution in [2.75, 3.05) is 26.4 Å². The maximum atomic E-state index is 11.9. The summed E-state index contributed by atoms with van der Waals surface area (Å²) in [6.07, 6.45) is 29.5. The molecule has 2 atom stereocenters. The van der Waals surface area contributed by atoms with Crippen LogP contribution in [-0.2, 0) is 27.9 Å². The SMILES string of the molecule is CC/C=C\C/C=C\C/C=C\C/C=C\C/C=C\CCCC(=O)OCC(O)COP(=O)(O)OCCNC(=O)CCCCC. The van der Waals surface area contributed by atoms with Crippen molar-refractivity contribution < 1.29 is 37.9 Å². The quantitative estimate of drug-likeness (QED) is 0.0438.